The molecule has 0 bridgehead atoms. The van der Waals surface area contributed by atoms with E-state index in [4.69, 9.17) is 14.5 Å². The number of piperazine rings is 1. The van der Waals surface area contributed by atoms with Crippen LogP contribution in [-0.2, 0) is 4.74 Å². The first-order valence-corrected chi connectivity index (χ1v) is 14.6. The van der Waals surface area contributed by atoms with Crippen molar-refractivity contribution in [2.75, 3.05) is 43.0 Å². The molecule has 3 aromatic rings. The highest BCUT2D eigenvalue weighted by atomic mass is 35.5. The average Bonchev–Trinajstić information content (AvgIpc) is 3.46. The van der Waals surface area contributed by atoms with Crippen molar-refractivity contribution < 1.29 is 14.3 Å². The summed E-state index contributed by atoms with van der Waals surface area (Å²) in [5, 5.41) is 3.97. The van der Waals surface area contributed by atoms with Gasteiger partial charge in [0.25, 0.3) is 5.56 Å². The Labute approximate surface area is 253 Å². The highest BCUT2D eigenvalue weighted by Crippen LogP contribution is 2.32. The van der Waals surface area contributed by atoms with Gasteiger partial charge in [-0.15, -0.1) is 12.4 Å². The Morgan fingerprint density at radius 2 is 1.79 bits per heavy atom. The molecule has 2 aliphatic rings. The number of carbonyl (C=O) groups is 1. The maximum Gasteiger partial charge on any atom is 0.410 e. The fraction of sp³-hybridized carbons (Fsp3) is 0.567. The zero-order valence-corrected chi connectivity index (χ0v) is 25.9. The van der Waals surface area contributed by atoms with Crippen molar-refractivity contribution in [2.24, 2.45) is 5.92 Å². The average molecular weight is 600 g/mol. The zero-order chi connectivity index (χ0) is 29.1. The van der Waals surface area contributed by atoms with Gasteiger partial charge in [-0.25, -0.2) is 14.8 Å². The number of aromatic nitrogens is 4. The van der Waals surface area contributed by atoms with Crippen molar-refractivity contribution in [3.63, 3.8) is 0 Å². The molecule has 11 nitrogen and oxygen atoms in total. The first-order valence-electron chi connectivity index (χ1n) is 14.6. The van der Waals surface area contributed by atoms with Crippen molar-refractivity contribution in [3.05, 3.63) is 40.9 Å². The summed E-state index contributed by atoms with van der Waals surface area (Å²) < 4.78 is 13.2. The lowest BCUT2D eigenvalue weighted by Crippen LogP contribution is -2.50. The third-order valence-electron chi connectivity index (χ3n) is 7.29. The Kier molecular flexibility index (Phi) is 9.81. The number of carbonyl (C=O) groups excluding carboxylic acids is 1. The van der Waals surface area contributed by atoms with E-state index in [0.717, 1.165) is 36.8 Å². The number of amides is 1. The number of fused-ring (bicyclic) bond motifs is 1. The van der Waals surface area contributed by atoms with Gasteiger partial charge in [-0.3, -0.25) is 9.36 Å². The molecule has 0 atom stereocenters. The molecule has 1 aliphatic carbocycles. The fourth-order valence-corrected chi connectivity index (χ4v) is 5.25. The molecule has 228 valence electrons. The van der Waals surface area contributed by atoms with Gasteiger partial charge < -0.3 is 24.6 Å². The lowest BCUT2D eigenvalue weighted by atomic mass is 10.2. The summed E-state index contributed by atoms with van der Waals surface area (Å²) in [5.74, 6) is 1.65. The monoisotopic (exact) mass is 599 g/mol. The van der Waals surface area contributed by atoms with Crippen LogP contribution in [0.3, 0.4) is 0 Å². The predicted octanol–water partition coefficient (Wildman–Crippen LogP) is 5.56. The number of anilines is 3. The van der Waals surface area contributed by atoms with Gasteiger partial charge in [-0.1, -0.05) is 26.7 Å². The lowest BCUT2D eigenvalue weighted by molar-refractivity contribution is 0.0240. The number of hydrogen-bond acceptors (Lipinski definition) is 9. The van der Waals surface area contributed by atoms with Gasteiger partial charge in [-0.05, 0) is 57.7 Å². The minimum absolute atomic E-state index is 0. The van der Waals surface area contributed by atoms with Crippen molar-refractivity contribution in [2.45, 2.75) is 71.9 Å². The molecule has 1 saturated heterocycles. The Bertz CT molecular complexity index is 1420. The van der Waals surface area contributed by atoms with Crippen LogP contribution in [0.4, 0.5) is 22.2 Å². The van der Waals surface area contributed by atoms with E-state index in [1.807, 2.05) is 32.9 Å². The van der Waals surface area contributed by atoms with Gasteiger partial charge in [-0.2, -0.15) is 4.98 Å². The van der Waals surface area contributed by atoms with Crippen LogP contribution < -0.4 is 20.5 Å². The van der Waals surface area contributed by atoms with E-state index in [0.29, 0.717) is 61.9 Å². The lowest BCUT2D eigenvalue weighted by Gasteiger charge is -2.36. The summed E-state index contributed by atoms with van der Waals surface area (Å²) in [6, 6.07) is 5.73. The van der Waals surface area contributed by atoms with Crippen LogP contribution in [-0.4, -0.2) is 68.9 Å². The third-order valence-corrected chi connectivity index (χ3v) is 7.29. The Hall–Kier alpha value is -3.60. The second-order valence-electron chi connectivity index (χ2n) is 12.3. The Morgan fingerprint density at radius 3 is 2.40 bits per heavy atom. The molecule has 12 heteroatoms. The zero-order valence-electron chi connectivity index (χ0n) is 25.1. The molecular formula is C30H42ClN7O4. The van der Waals surface area contributed by atoms with Crippen LogP contribution in [0.1, 0.15) is 66.3 Å². The van der Waals surface area contributed by atoms with E-state index < -0.39 is 5.60 Å². The summed E-state index contributed by atoms with van der Waals surface area (Å²) in [7, 11) is 0. The highest BCUT2D eigenvalue weighted by Gasteiger charge is 2.26. The van der Waals surface area contributed by atoms with Crippen LogP contribution in [0.2, 0.25) is 0 Å². The highest BCUT2D eigenvalue weighted by molar-refractivity contribution is 5.85. The molecule has 0 aromatic carbocycles. The topological polar surface area (TPSA) is 115 Å². The maximum atomic E-state index is 13.5. The number of halogens is 1. The summed E-state index contributed by atoms with van der Waals surface area (Å²) >= 11 is 0. The molecule has 3 aromatic heterocycles. The number of nitrogens with one attached hydrogen (secondary N) is 1. The number of rotatable bonds is 7. The molecule has 2 fully saturated rings. The largest absolute Gasteiger partial charge is 0.488 e. The normalized spacial score (nSPS) is 16.0. The molecule has 4 heterocycles. The molecule has 1 amide bonds. The minimum Gasteiger partial charge on any atom is -0.488 e. The molecule has 42 heavy (non-hydrogen) atoms. The Morgan fingerprint density at radius 1 is 1.07 bits per heavy atom. The van der Waals surface area contributed by atoms with E-state index in [2.05, 4.69) is 34.0 Å². The van der Waals surface area contributed by atoms with Gasteiger partial charge in [0.2, 0.25) is 5.95 Å². The molecule has 1 saturated carbocycles. The van der Waals surface area contributed by atoms with Gasteiger partial charge >= 0.3 is 6.09 Å². The van der Waals surface area contributed by atoms with Crippen LogP contribution >= 0.6 is 12.4 Å². The first-order chi connectivity index (χ1) is 19.6. The van der Waals surface area contributed by atoms with E-state index in [-0.39, 0.29) is 30.1 Å². The maximum absolute atomic E-state index is 13.5. The van der Waals surface area contributed by atoms with Crippen molar-refractivity contribution in [1.29, 1.82) is 0 Å². The number of nitrogens with zero attached hydrogens (tertiary/aromatic N) is 6. The fourth-order valence-electron chi connectivity index (χ4n) is 5.25. The van der Waals surface area contributed by atoms with E-state index in [1.54, 1.807) is 27.9 Å². The molecule has 0 radical (unpaired) electrons. The second-order valence-corrected chi connectivity index (χ2v) is 12.3. The summed E-state index contributed by atoms with van der Waals surface area (Å²) in [4.78, 5) is 43.6. The standard InChI is InChI=1S/C30H41N7O4.ClH/c1-20(2)19-40-24-16-21-17-32-28(34-26(21)37(27(24)38)22-8-6-7-9-22)33-25-11-10-23(18-31-25)35-12-14-36(15-13-35)29(39)41-30(3,4)5;/h10-11,16-18,20,22H,6-9,12-15,19H2,1-5H3,(H,31,32,33,34);1H. The smallest absolute Gasteiger partial charge is 0.410 e. The summed E-state index contributed by atoms with van der Waals surface area (Å²) in [6.45, 7) is 12.8. The van der Waals surface area contributed by atoms with Gasteiger partial charge in [0, 0.05) is 43.8 Å². The quantitative estimate of drug-likeness (QED) is 0.373. The van der Waals surface area contributed by atoms with Crippen molar-refractivity contribution >= 4 is 47.0 Å². The van der Waals surface area contributed by atoms with Crippen molar-refractivity contribution in [3.8, 4) is 5.75 Å². The summed E-state index contributed by atoms with van der Waals surface area (Å²) in [5.41, 5.74) is 0.941. The SMILES string of the molecule is CC(C)COc1cc2cnc(Nc3ccc(N4CCN(C(=O)OC(C)(C)C)CC4)cn3)nc2n(C2CCCC2)c1=O.Cl. The minimum atomic E-state index is -0.505. The number of pyridine rings is 2. The van der Waals surface area contributed by atoms with E-state index in [1.165, 1.54) is 0 Å². The molecule has 5 rings (SSSR count). The van der Waals surface area contributed by atoms with Crippen molar-refractivity contribution in [1.82, 2.24) is 24.4 Å². The number of ether oxygens (including phenoxy) is 2. The Balaban J connectivity index is 0.00000405. The van der Waals surface area contributed by atoms with E-state index in [9.17, 15) is 9.59 Å². The molecule has 1 aliphatic heterocycles. The second kappa shape index (κ2) is 13.1. The molecular weight excluding hydrogens is 558 g/mol. The molecule has 1 N–H and O–H groups in total. The van der Waals surface area contributed by atoms with E-state index >= 15 is 0 Å². The summed E-state index contributed by atoms with van der Waals surface area (Å²) in [6.07, 6.45) is 7.35. The van der Waals surface area contributed by atoms with Crippen LogP contribution in [0.15, 0.2) is 35.4 Å². The third kappa shape index (κ3) is 7.42. The van der Waals surface area contributed by atoms with Crippen LogP contribution in [0.25, 0.3) is 11.0 Å². The van der Waals surface area contributed by atoms with Crippen LogP contribution in [0, 0.1) is 5.92 Å². The predicted molar refractivity (Wildman–Crippen MR) is 166 cm³/mol. The molecule has 0 spiro atoms. The van der Waals surface area contributed by atoms with Gasteiger partial charge in [0.1, 0.15) is 17.1 Å². The van der Waals surface area contributed by atoms with Gasteiger partial charge in [0.15, 0.2) is 5.75 Å². The van der Waals surface area contributed by atoms with Gasteiger partial charge in [0.05, 0.1) is 18.5 Å². The first kappa shape index (κ1) is 31.3. The van der Waals surface area contributed by atoms with Crippen LogP contribution in [0.5, 0.6) is 5.75 Å². The molecule has 0 unspecified atom stereocenters. The number of hydrogen-bond donors (Lipinski definition) is 1.